The average Bonchev–Trinajstić information content (AvgIpc) is 1.60. The Kier molecular flexibility index (Phi) is 23.3. The number of carboxylic acids is 1. The third-order valence-electron chi connectivity index (χ3n) is 16.1. The number of aromatic nitrogens is 4. The zero-order chi connectivity index (χ0) is 64.2. The van der Waals surface area contributed by atoms with Gasteiger partial charge in [0.05, 0.1) is 39.7 Å². The van der Waals surface area contributed by atoms with Crippen molar-refractivity contribution in [3.05, 3.63) is 187 Å². The molecule has 2 aliphatic heterocycles. The molecule has 9 rings (SSSR count). The number of H-pyrrole nitrogens is 1. The molecule has 4 aromatic carbocycles. The van der Waals surface area contributed by atoms with Crippen LogP contribution in [0.4, 0.5) is 23.0 Å². The Morgan fingerprint density at radius 1 is 0.846 bits per heavy atom. The molecule has 1 amide bonds. The van der Waals surface area contributed by atoms with Gasteiger partial charge in [-0.15, -0.1) is 0 Å². The zero-order valence-electron chi connectivity index (χ0n) is 50.8. The number of nitrogens with zero attached hydrogens (tertiary/aromatic N) is 5. The fourth-order valence-corrected chi connectivity index (χ4v) is 13.3. The first kappa shape index (κ1) is 71.8. The number of aromatic amines is 1. The summed E-state index contributed by atoms with van der Waals surface area (Å²) >= 11 is 0. The Bertz CT molecular complexity index is 4340. The first-order valence-electron chi connectivity index (χ1n) is 28.9. The number of rotatable bonds is 25. The van der Waals surface area contributed by atoms with Gasteiger partial charge < -0.3 is 35.7 Å². The number of carbonyl (C=O) groups is 2. The SMILES string of the molecule is Cc1ccc2c(c1)C(C)(C)/C(=C\C=C1/CCCC(/C=C/C3=[N+](CCCCS(=O)(=O)[O-])c4ccc(CS(=O)(=O)O)cc4C3(C)C)=C1O[13c]1[13cH][13cH][13c]([13CH2][13C@H](NC(=O)c3ccc(NCc4cnc5nc(N)[nH]c(=O)c5n4)cc3)[13C](=O)O)[13cH][13cH]1)N2CCCCS(=O)(=O)O.[W].[Y]. The fraction of sp³-hybridized carbons (Fsp3) is 0.349. The summed E-state index contributed by atoms with van der Waals surface area (Å²) in [6, 6.07) is 23.3. The molecule has 0 unspecified atom stereocenters. The van der Waals surface area contributed by atoms with Crippen LogP contribution >= 0.6 is 0 Å². The standard InChI is InChI=1S/C63H71N9O14S3.W.Y/c1-39-13-25-51-48(33-39)62(2,3)53(71(51)29-6-8-31-87(77,78)79)27-19-42-11-10-12-43(20-28-54-63(4,5)49-34-41(38-89(83,84)85)16-26-52(49)72(54)30-7-9-32-88(80,81)82)56(42)86-47-23-14-40(15-24-47)35-50(60(75)76)68-58(73)44-17-21-45(22-18-44)65-36-46-37-66-57-55(67-46)59(74)70-61(64)69-57;;/h13-28,33-34,37,50H,6-12,29-32,35-36,38H2,1-5H3,(H8-,64,65,66,68,69,70,73,74,75,76,77,78,79,80,81,82,83,84,85);;/t50-;;/m0../s1/i14+1,15+1,23+1,24+1,35+1,40+1,47+1,50+1,60+1;;. The van der Waals surface area contributed by atoms with Crippen molar-refractivity contribution >= 4 is 82.1 Å². The van der Waals surface area contributed by atoms with Crippen LogP contribution in [0.3, 0.4) is 0 Å². The third kappa shape index (κ3) is 18.2. The number of anilines is 3. The predicted molar refractivity (Wildman–Crippen MR) is 337 cm³/mol. The van der Waals surface area contributed by atoms with Gasteiger partial charge in [-0.1, -0.05) is 55.8 Å². The van der Waals surface area contributed by atoms with Gasteiger partial charge in [0.2, 0.25) is 11.6 Å². The van der Waals surface area contributed by atoms with Gasteiger partial charge in [0, 0.05) is 125 Å². The quantitative estimate of drug-likeness (QED) is 0.0123. The van der Waals surface area contributed by atoms with Crippen LogP contribution < -0.4 is 31.6 Å². The molecule has 23 nitrogen and oxygen atoms in total. The molecule has 3 aliphatic rings. The molecule has 0 fully saturated rings. The minimum absolute atomic E-state index is 0. The van der Waals surface area contributed by atoms with Crippen LogP contribution in [0.15, 0.2) is 143 Å². The molecular weight excluding hydrogens is 1480 g/mol. The number of benzene rings is 4. The summed E-state index contributed by atoms with van der Waals surface area (Å²) in [6.07, 6.45) is 12.5. The number of aliphatic carboxylic acids is 1. The van der Waals surface area contributed by atoms with E-state index in [-0.39, 0.29) is 108 Å². The molecule has 91 heavy (non-hydrogen) atoms. The Morgan fingerprint density at radius 3 is 2.23 bits per heavy atom. The molecule has 0 bridgehead atoms. The van der Waals surface area contributed by atoms with Gasteiger partial charge in [-0.25, -0.2) is 23.2 Å². The molecule has 8 N–H and O–H groups in total. The number of fused-ring (bicyclic) bond motifs is 3. The summed E-state index contributed by atoms with van der Waals surface area (Å²) in [5.74, 6) is -2.46. The smallest absolute Gasteiger partial charge is 0.326 e. The number of ether oxygens (including phenoxy) is 1. The van der Waals surface area contributed by atoms with Crippen LogP contribution in [0.5, 0.6) is 5.75 Å². The van der Waals surface area contributed by atoms with Crippen molar-refractivity contribution < 1.29 is 117 Å². The number of hydrogen-bond acceptors (Lipinski definition) is 17. The van der Waals surface area contributed by atoms with Crippen LogP contribution in [-0.4, -0.2) is 117 Å². The van der Waals surface area contributed by atoms with Crippen molar-refractivity contribution in [1.29, 1.82) is 0 Å². The largest absolute Gasteiger partial charge is 0.748 e. The summed E-state index contributed by atoms with van der Waals surface area (Å²) in [5, 5.41) is 16.1. The topological polar surface area (TPSA) is 357 Å². The number of unbranched alkanes of at least 4 members (excludes halogenated alkanes) is 2. The summed E-state index contributed by atoms with van der Waals surface area (Å²) < 4.78 is 111. The van der Waals surface area contributed by atoms with E-state index in [2.05, 4.69) is 67.5 Å². The molecule has 1 aliphatic carbocycles. The maximum atomic E-state index is 13.5. The number of carbonyl (C=O) groups excluding carboxylic acids is 1. The van der Waals surface area contributed by atoms with Crippen molar-refractivity contribution in [2.45, 2.75) is 115 Å². The molecule has 0 saturated carbocycles. The van der Waals surface area contributed by atoms with Gasteiger partial charge in [-0.3, -0.25) is 23.7 Å². The first-order valence-corrected chi connectivity index (χ1v) is 33.7. The van der Waals surface area contributed by atoms with E-state index >= 15 is 0 Å². The molecular formula is C63H71N9O14S3WY. The van der Waals surface area contributed by atoms with Crippen molar-refractivity contribution in [1.82, 2.24) is 25.3 Å². The van der Waals surface area contributed by atoms with E-state index in [1.54, 1.807) is 66.7 Å². The summed E-state index contributed by atoms with van der Waals surface area (Å²) in [6.45, 7) is 11.3. The summed E-state index contributed by atoms with van der Waals surface area (Å²) in [7, 11) is -13.0. The number of nitrogen functional groups attached to an aromatic ring is 1. The zero-order valence-corrected chi connectivity index (χ0v) is 59.0. The Hall–Kier alpha value is -6.61. The summed E-state index contributed by atoms with van der Waals surface area (Å²) in [4.78, 5) is 55.6. The third-order valence-corrected chi connectivity index (χ3v) is 18.4. The van der Waals surface area contributed by atoms with Gasteiger partial charge in [-0.05, 0) is 148 Å². The van der Waals surface area contributed by atoms with Gasteiger partial charge in [0.15, 0.2) is 16.9 Å². The molecule has 28 heteroatoms. The maximum Gasteiger partial charge on any atom is 0.326 e. The van der Waals surface area contributed by atoms with Gasteiger partial charge >= 0.3 is 5.97 Å². The van der Waals surface area contributed by atoms with Gasteiger partial charge in [-0.2, -0.15) is 26.4 Å². The number of allylic oxidation sites excluding steroid dienone is 7. The predicted octanol–water partition coefficient (Wildman–Crippen LogP) is 8.08. The van der Waals surface area contributed by atoms with Gasteiger partial charge in [0.25, 0.3) is 31.7 Å². The molecule has 2 aromatic heterocycles. The number of carboxylic acid groups (broad SMARTS) is 1. The van der Waals surface area contributed by atoms with E-state index in [0.717, 1.165) is 57.0 Å². The van der Waals surface area contributed by atoms with Gasteiger partial charge in [0.1, 0.15) is 29.8 Å². The van der Waals surface area contributed by atoms with Crippen molar-refractivity contribution in [3.8, 4) is 5.75 Å². The van der Waals surface area contributed by atoms with Crippen molar-refractivity contribution in [3.63, 3.8) is 0 Å². The monoisotopic (exact) mass is 1560 g/mol. The second-order valence-corrected chi connectivity index (χ2v) is 28.1. The molecule has 6 aromatic rings. The second-order valence-electron chi connectivity index (χ2n) is 23.5. The maximum absolute atomic E-state index is 13.5. The van der Waals surface area contributed by atoms with Crippen LogP contribution in [0.1, 0.15) is 117 Å². The molecule has 0 saturated heterocycles. The molecule has 4 heterocycles. The normalized spacial score (nSPS) is 16.6. The number of amides is 1. The van der Waals surface area contributed by atoms with E-state index in [4.69, 9.17) is 10.5 Å². The number of nitrogens with two attached hydrogens (primary N) is 1. The van der Waals surface area contributed by atoms with Crippen LogP contribution in [-0.2, 0) is 118 Å². The number of aryl methyl sites for hydroxylation is 1. The first-order chi connectivity index (χ1) is 41.9. The van der Waals surface area contributed by atoms with E-state index in [1.165, 1.54) is 6.20 Å². The number of nitrogens with one attached hydrogen (secondary N) is 3. The molecule has 479 valence electrons. The molecule has 1 atom stereocenters. The van der Waals surface area contributed by atoms with E-state index in [9.17, 15) is 58.4 Å². The van der Waals surface area contributed by atoms with Crippen molar-refractivity contribution in [2.24, 2.45) is 0 Å². The van der Waals surface area contributed by atoms with E-state index in [0.29, 0.717) is 72.8 Å². The Labute approximate surface area is 568 Å². The van der Waals surface area contributed by atoms with E-state index in [1.807, 2.05) is 49.6 Å². The molecule has 1 radical (unpaired) electrons. The van der Waals surface area contributed by atoms with Crippen molar-refractivity contribution in [2.75, 3.05) is 40.5 Å². The average molecular weight is 1560 g/mol. The van der Waals surface area contributed by atoms with E-state index < -0.39 is 76.2 Å². The van der Waals surface area contributed by atoms with Crippen LogP contribution in [0.25, 0.3) is 11.2 Å². The Morgan fingerprint density at radius 2 is 1.55 bits per heavy atom. The minimum Gasteiger partial charge on any atom is -0.748 e. The minimum atomic E-state index is -4.47. The number of hydrogen-bond donors (Lipinski definition) is 7. The second kappa shape index (κ2) is 29.6. The fourth-order valence-electron chi connectivity index (χ4n) is 11.6. The Balaban J connectivity index is 0.00000588. The van der Waals surface area contributed by atoms with Crippen LogP contribution in [0.2, 0.25) is 0 Å². The molecule has 0 spiro atoms. The van der Waals surface area contributed by atoms with Crippen LogP contribution in [0, 0.1) is 6.92 Å². The summed E-state index contributed by atoms with van der Waals surface area (Å²) in [5.41, 5.74) is 14.3.